The summed E-state index contributed by atoms with van der Waals surface area (Å²) in [6.45, 7) is 1.22. The van der Waals surface area contributed by atoms with Crippen LogP contribution in [0.2, 0.25) is 0 Å². The number of carbonyl (C=O) groups excluding carboxylic acids is 3. The van der Waals surface area contributed by atoms with Gasteiger partial charge in [0.2, 0.25) is 17.7 Å². The first-order chi connectivity index (χ1) is 19.3. The minimum Gasteiger partial charge on any atom is -0.481 e. The highest BCUT2D eigenvalue weighted by Gasteiger charge is 2.33. The van der Waals surface area contributed by atoms with Gasteiger partial charge in [-0.25, -0.2) is 4.79 Å². The summed E-state index contributed by atoms with van der Waals surface area (Å²) in [7, 11) is 0. The molecule has 1 aromatic carbocycles. The number of carboxylic acid groups (broad SMARTS) is 2. The number of rotatable bonds is 16. The number of amides is 3. The zero-order valence-electron chi connectivity index (χ0n) is 22.4. The number of carboxylic acids is 2. The third kappa shape index (κ3) is 10.1. The SMILES string of the molecule is CC(O)C(NC(=O)C(CC(=O)O)NC(=O)C(CCCN=C(N)N)NC(=O)C(N)Cc1c[nH]c2ccccc12)C(=O)O. The molecule has 16 heteroatoms. The van der Waals surface area contributed by atoms with Crippen molar-refractivity contribution in [2.24, 2.45) is 22.2 Å². The van der Waals surface area contributed by atoms with E-state index in [4.69, 9.17) is 17.2 Å². The topological polar surface area (TPSA) is 288 Å². The number of aromatic nitrogens is 1. The predicted octanol–water partition coefficient (Wildman–Crippen LogP) is -2.51. The molecule has 0 saturated heterocycles. The summed E-state index contributed by atoms with van der Waals surface area (Å²) in [4.78, 5) is 68.5. The number of nitrogens with one attached hydrogen (secondary N) is 4. The molecule has 1 aromatic heterocycles. The summed E-state index contributed by atoms with van der Waals surface area (Å²) >= 11 is 0. The molecule has 0 aliphatic carbocycles. The van der Waals surface area contributed by atoms with Crippen molar-refractivity contribution in [3.63, 3.8) is 0 Å². The first kappa shape index (κ1) is 32.5. The Bertz CT molecular complexity index is 1270. The van der Waals surface area contributed by atoms with Crippen molar-refractivity contribution in [1.29, 1.82) is 0 Å². The van der Waals surface area contributed by atoms with E-state index in [2.05, 4.69) is 20.6 Å². The largest absolute Gasteiger partial charge is 0.481 e. The number of benzene rings is 1. The lowest BCUT2D eigenvalue weighted by molar-refractivity contribution is -0.146. The minimum atomic E-state index is -1.76. The fourth-order valence-electron chi connectivity index (χ4n) is 3.98. The summed E-state index contributed by atoms with van der Waals surface area (Å²) < 4.78 is 0. The molecule has 2 aromatic rings. The van der Waals surface area contributed by atoms with Crippen molar-refractivity contribution in [2.75, 3.05) is 6.54 Å². The fourth-order valence-corrected chi connectivity index (χ4v) is 3.98. The van der Waals surface area contributed by atoms with Crippen LogP contribution in [0, 0.1) is 0 Å². The van der Waals surface area contributed by atoms with Gasteiger partial charge in [-0.05, 0) is 37.8 Å². The number of aliphatic hydroxyl groups is 1. The van der Waals surface area contributed by atoms with Crippen molar-refractivity contribution in [2.45, 2.75) is 62.9 Å². The molecule has 0 aliphatic rings. The van der Waals surface area contributed by atoms with Crippen LogP contribution in [-0.2, 0) is 30.4 Å². The van der Waals surface area contributed by atoms with Gasteiger partial charge in [-0.1, -0.05) is 18.2 Å². The maximum atomic E-state index is 13.2. The van der Waals surface area contributed by atoms with Crippen LogP contribution in [0.4, 0.5) is 0 Å². The maximum absolute atomic E-state index is 13.2. The van der Waals surface area contributed by atoms with Crippen molar-refractivity contribution < 1.29 is 39.3 Å². The number of hydrogen-bond acceptors (Lipinski definition) is 8. The Morgan fingerprint density at radius 3 is 2.22 bits per heavy atom. The van der Waals surface area contributed by atoms with Crippen LogP contribution in [0.25, 0.3) is 10.9 Å². The number of carbonyl (C=O) groups is 5. The molecule has 0 saturated carbocycles. The van der Waals surface area contributed by atoms with Crippen molar-refractivity contribution in [3.8, 4) is 0 Å². The number of guanidine groups is 1. The number of aromatic amines is 1. The smallest absolute Gasteiger partial charge is 0.328 e. The lowest BCUT2D eigenvalue weighted by atomic mass is 10.0. The van der Waals surface area contributed by atoms with Gasteiger partial charge in [0.25, 0.3) is 0 Å². The summed E-state index contributed by atoms with van der Waals surface area (Å²) in [6, 6.07) is 1.60. The molecule has 1 heterocycles. The Kier molecular flexibility index (Phi) is 12.0. The average Bonchev–Trinajstić information content (AvgIpc) is 3.30. The van der Waals surface area contributed by atoms with E-state index in [1.54, 1.807) is 6.20 Å². The molecule has 5 atom stereocenters. The second kappa shape index (κ2) is 15.2. The third-order valence-electron chi connectivity index (χ3n) is 6.09. The molecule has 13 N–H and O–H groups in total. The fraction of sp³-hybridized carbons (Fsp3) is 0.440. The second-order valence-corrected chi connectivity index (χ2v) is 9.40. The quantitative estimate of drug-likeness (QED) is 0.0565. The zero-order valence-corrected chi connectivity index (χ0v) is 22.4. The van der Waals surface area contributed by atoms with E-state index in [9.17, 15) is 39.3 Å². The highest BCUT2D eigenvalue weighted by Crippen LogP contribution is 2.19. The highest BCUT2D eigenvalue weighted by molar-refractivity contribution is 5.96. The number of aliphatic carboxylic acids is 2. The average molecular weight is 577 g/mol. The van der Waals surface area contributed by atoms with Crippen LogP contribution in [0.5, 0.6) is 0 Å². The second-order valence-electron chi connectivity index (χ2n) is 9.40. The Balaban J connectivity index is 2.19. The molecule has 16 nitrogen and oxygen atoms in total. The van der Waals surface area contributed by atoms with E-state index in [1.807, 2.05) is 29.6 Å². The molecular weight excluding hydrogens is 540 g/mol. The van der Waals surface area contributed by atoms with E-state index in [-0.39, 0.29) is 31.8 Å². The van der Waals surface area contributed by atoms with E-state index < -0.39 is 66.4 Å². The summed E-state index contributed by atoms with van der Waals surface area (Å²) in [5.74, 6) is -5.98. The van der Waals surface area contributed by atoms with Gasteiger partial charge in [0, 0.05) is 23.6 Å². The number of para-hydroxylation sites is 1. The molecule has 224 valence electrons. The number of nitrogens with zero attached hydrogens (tertiary/aromatic N) is 1. The molecule has 5 unspecified atom stereocenters. The van der Waals surface area contributed by atoms with Gasteiger partial charge in [-0.15, -0.1) is 0 Å². The molecule has 0 spiro atoms. The normalized spacial score (nSPS) is 14.6. The van der Waals surface area contributed by atoms with Gasteiger partial charge in [-0.3, -0.25) is 24.2 Å². The Labute approximate surface area is 234 Å². The molecule has 0 fully saturated rings. The Morgan fingerprint density at radius 1 is 0.976 bits per heavy atom. The van der Waals surface area contributed by atoms with E-state index in [0.717, 1.165) is 23.4 Å². The van der Waals surface area contributed by atoms with Gasteiger partial charge in [0.05, 0.1) is 18.6 Å². The lowest BCUT2D eigenvalue weighted by Crippen LogP contribution is -2.58. The molecule has 3 amide bonds. The number of aliphatic hydroxyl groups excluding tert-OH is 1. The van der Waals surface area contributed by atoms with E-state index in [0.29, 0.717) is 0 Å². The van der Waals surface area contributed by atoms with Crippen LogP contribution >= 0.6 is 0 Å². The maximum Gasteiger partial charge on any atom is 0.328 e. The van der Waals surface area contributed by atoms with Gasteiger partial charge >= 0.3 is 11.9 Å². The van der Waals surface area contributed by atoms with Crippen molar-refractivity contribution in [1.82, 2.24) is 20.9 Å². The number of nitrogens with two attached hydrogens (primary N) is 3. The number of hydrogen-bond donors (Lipinski definition) is 10. The van der Waals surface area contributed by atoms with Gasteiger partial charge in [0.15, 0.2) is 12.0 Å². The molecule has 0 radical (unpaired) electrons. The number of H-pyrrole nitrogens is 1. The molecular formula is C25H36N8O8. The molecule has 0 bridgehead atoms. The summed E-state index contributed by atoms with van der Waals surface area (Å²) in [5.41, 5.74) is 18.4. The highest BCUT2D eigenvalue weighted by atomic mass is 16.4. The van der Waals surface area contributed by atoms with Gasteiger partial charge in [0.1, 0.15) is 12.1 Å². The van der Waals surface area contributed by atoms with Gasteiger partial charge < -0.3 is 53.5 Å². The lowest BCUT2D eigenvalue weighted by Gasteiger charge is -2.25. The van der Waals surface area contributed by atoms with Crippen molar-refractivity contribution in [3.05, 3.63) is 36.0 Å². The van der Waals surface area contributed by atoms with Crippen LogP contribution in [-0.4, -0.2) is 92.7 Å². The van der Waals surface area contributed by atoms with Crippen LogP contribution in [0.3, 0.4) is 0 Å². The zero-order chi connectivity index (χ0) is 30.7. The third-order valence-corrected chi connectivity index (χ3v) is 6.09. The van der Waals surface area contributed by atoms with Gasteiger partial charge in [-0.2, -0.15) is 0 Å². The van der Waals surface area contributed by atoms with Crippen LogP contribution < -0.4 is 33.2 Å². The van der Waals surface area contributed by atoms with Crippen LogP contribution in [0.1, 0.15) is 31.7 Å². The predicted molar refractivity (Wildman–Crippen MR) is 147 cm³/mol. The van der Waals surface area contributed by atoms with Crippen LogP contribution in [0.15, 0.2) is 35.5 Å². The number of aliphatic imine (C=N–C) groups is 1. The molecule has 2 rings (SSSR count). The first-order valence-electron chi connectivity index (χ1n) is 12.7. The molecule has 41 heavy (non-hydrogen) atoms. The summed E-state index contributed by atoms with van der Waals surface area (Å²) in [6.07, 6.45) is -0.354. The first-order valence-corrected chi connectivity index (χ1v) is 12.7. The standard InChI is InChI=1S/C25H36N8O8/c1-12(34)20(24(40)41)33-23(39)18(10-19(35)36)32-22(38)17(7-4-8-29-25(27)28)31-21(37)15(26)9-13-11-30-16-6-3-2-5-14(13)16/h2-3,5-6,11-12,15,17-18,20,30,34H,4,7-10,26H2,1H3,(H,31,37)(H,32,38)(H,33,39)(H,35,36)(H,40,41)(H4,27,28,29). The number of fused-ring (bicyclic) bond motifs is 1. The van der Waals surface area contributed by atoms with Crippen molar-refractivity contribution >= 4 is 46.5 Å². The molecule has 0 aliphatic heterocycles. The minimum absolute atomic E-state index is 0.0129. The Hall–Kier alpha value is -4.70. The van der Waals surface area contributed by atoms with E-state index >= 15 is 0 Å². The monoisotopic (exact) mass is 576 g/mol. The summed E-state index contributed by atoms with van der Waals surface area (Å²) in [5, 5.41) is 35.8. The van der Waals surface area contributed by atoms with E-state index in [1.165, 1.54) is 0 Å². The Morgan fingerprint density at radius 2 is 1.61 bits per heavy atom.